The normalized spacial score (nSPS) is 11.1. The van der Waals surface area contributed by atoms with Gasteiger partial charge in [0.05, 0.1) is 29.5 Å². The summed E-state index contributed by atoms with van der Waals surface area (Å²) in [6.45, 7) is 4.60. The summed E-state index contributed by atoms with van der Waals surface area (Å²) in [6, 6.07) is 17.6. The quantitative estimate of drug-likeness (QED) is 0.446. The van der Waals surface area contributed by atoms with Crippen LogP contribution in [0.5, 0.6) is 0 Å². The maximum Gasteiger partial charge on any atom is 0.258 e. The fourth-order valence-electron chi connectivity index (χ4n) is 3.85. The standard InChI is InChI=1S/C25H23N7O/c1-16-7-6-8-18(11-16)14-32-15-26-25(30-32)29-24(33)20-12-23(21-13-27-31(3)17(21)2)28-22-10-5-4-9-19(20)22/h4-13,15H,14H2,1-3H3,(H,29,30,33). The molecule has 1 N–H and O–H groups in total. The minimum absolute atomic E-state index is 0.257. The SMILES string of the molecule is Cc1cccc(Cn2cnc(NC(=O)c3cc(-c4cnn(C)c4C)nc4ccccc34)n2)c1. The molecule has 0 saturated carbocycles. The predicted octanol–water partition coefficient (Wildman–Crippen LogP) is 4.14. The molecule has 0 aliphatic rings. The number of carbonyl (C=O) groups is 1. The highest BCUT2D eigenvalue weighted by molar-refractivity contribution is 6.12. The number of hydrogen-bond acceptors (Lipinski definition) is 5. The molecule has 164 valence electrons. The second kappa shape index (κ2) is 8.31. The number of anilines is 1. The molecule has 8 heteroatoms. The van der Waals surface area contributed by atoms with E-state index in [-0.39, 0.29) is 11.9 Å². The molecule has 0 spiro atoms. The first-order valence-corrected chi connectivity index (χ1v) is 10.6. The van der Waals surface area contributed by atoms with Crippen LogP contribution in [-0.2, 0) is 13.6 Å². The van der Waals surface area contributed by atoms with Crippen LogP contribution in [0.2, 0.25) is 0 Å². The number of amides is 1. The van der Waals surface area contributed by atoms with Gasteiger partial charge in [-0.3, -0.25) is 14.8 Å². The van der Waals surface area contributed by atoms with Crippen molar-refractivity contribution < 1.29 is 4.79 Å². The zero-order valence-corrected chi connectivity index (χ0v) is 18.6. The van der Waals surface area contributed by atoms with Crippen LogP contribution >= 0.6 is 0 Å². The third kappa shape index (κ3) is 4.10. The number of carbonyl (C=O) groups excluding carboxylic acids is 1. The minimum Gasteiger partial charge on any atom is -0.289 e. The first-order valence-electron chi connectivity index (χ1n) is 10.6. The number of nitrogens with zero attached hydrogens (tertiary/aromatic N) is 6. The average Bonchev–Trinajstić information content (AvgIpc) is 3.38. The molecule has 5 aromatic rings. The van der Waals surface area contributed by atoms with Gasteiger partial charge >= 0.3 is 0 Å². The Morgan fingerprint density at radius 3 is 2.70 bits per heavy atom. The Morgan fingerprint density at radius 2 is 1.91 bits per heavy atom. The summed E-state index contributed by atoms with van der Waals surface area (Å²) in [5.41, 5.74) is 6.11. The van der Waals surface area contributed by atoms with E-state index >= 15 is 0 Å². The van der Waals surface area contributed by atoms with Gasteiger partial charge in [-0.2, -0.15) is 5.10 Å². The monoisotopic (exact) mass is 437 g/mol. The lowest BCUT2D eigenvalue weighted by molar-refractivity contribution is 0.102. The fourth-order valence-corrected chi connectivity index (χ4v) is 3.85. The molecule has 0 atom stereocenters. The van der Waals surface area contributed by atoms with Crippen LogP contribution in [0, 0.1) is 13.8 Å². The van der Waals surface area contributed by atoms with Gasteiger partial charge in [-0.1, -0.05) is 48.0 Å². The first kappa shape index (κ1) is 20.6. The van der Waals surface area contributed by atoms with Crippen molar-refractivity contribution in [2.75, 3.05) is 5.32 Å². The van der Waals surface area contributed by atoms with Crippen LogP contribution in [0.25, 0.3) is 22.2 Å². The number of fused-ring (bicyclic) bond motifs is 1. The summed E-state index contributed by atoms with van der Waals surface area (Å²) in [7, 11) is 1.88. The molecule has 0 radical (unpaired) electrons. The smallest absolute Gasteiger partial charge is 0.258 e. The molecule has 0 aliphatic carbocycles. The van der Waals surface area contributed by atoms with Gasteiger partial charge in [0.2, 0.25) is 5.95 Å². The maximum absolute atomic E-state index is 13.3. The van der Waals surface area contributed by atoms with E-state index in [1.807, 2.05) is 50.4 Å². The van der Waals surface area contributed by atoms with E-state index in [0.717, 1.165) is 27.7 Å². The van der Waals surface area contributed by atoms with E-state index in [0.29, 0.717) is 17.8 Å². The lowest BCUT2D eigenvalue weighted by atomic mass is 10.0. The number of rotatable bonds is 5. The molecule has 2 aromatic carbocycles. The Balaban J connectivity index is 1.45. The van der Waals surface area contributed by atoms with Crippen molar-refractivity contribution in [2.45, 2.75) is 20.4 Å². The van der Waals surface area contributed by atoms with Crippen LogP contribution in [0.15, 0.2) is 67.1 Å². The van der Waals surface area contributed by atoms with Gasteiger partial charge in [0.1, 0.15) is 6.33 Å². The van der Waals surface area contributed by atoms with Gasteiger partial charge in [-0.25, -0.2) is 14.6 Å². The highest BCUT2D eigenvalue weighted by Crippen LogP contribution is 2.27. The number of para-hydroxylation sites is 1. The molecular weight excluding hydrogens is 414 g/mol. The molecule has 33 heavy (non-hydrogen) atoms. The highest BCUT2D eigenvalue weighted by Gasteiger charge is 2.17. The lowest BCUT2D eigenvalue weighted by Crippen LogP contribution is -2.14. The molecule has 3 heterocycles. The van der Waals surface area contributed by atoms with Gasteiger partial charge in [-0.15, -0.1) is 5.10 Å². The molecule has 0 fully saturated rings. The van der Waals surface area contributed by atoms with Gasteiger partial charge in [0, 0.05) is 23.7 Å². The Hall–Kier alpha value is -4.33. The van der Waals surface area contributed by atoms with Crippen LogP contribution in [0.3, 0.4) is 0 Å². The molecule has 0 saturated heterocycles. The molecule has 5 rings (SSSR count). The van der Waals surface area contributed by atoms with Gasteiger partial charge in [0.15, 0.2) is 0 Å². The number of benzene rings is 2. The second-order valence-electron chi connectivity index (χ2n) is 8.05. The maximum atomic E-state index is 13.3. The molecule has 1 amide bonds. The number of pyridine rings is 1. The van der Waals surface area contributed by atoms with E-state index in [2.05, 4.69) is 39.6 Å². The van der Waals surface area contributed by atoms with Gasteiger partial charge < -0.3 is 0 Å². The van der Waals surface area contributed by atoms with Crippen molar-refractivity contribution in [1.29, 1.82) is 0 Å². The van der Waals surface area contributed by atoms with E-state index in [9.17, 15) is 4.79 Å². The van der Waals surface area contributed by atoms with Crippen molar-refractivity contribution in [3.63, 3.8) is 0 Å². The number of aryl methyl sites for hydroxylation is 2. The Kier molecular flexibility index (Phi) is 5.18. The molecule has 0 aliphatic heterocycles. The van der Waals surface area contributed by atoms with Crippen molar-refractivity contribution in [1.82, 2.24) is 29.5 Å². The summed E-state index contributed by atoms with van der Waals surface area (Å²) < 4.78 is 3.50. The predicted molar refractivity (Wildman–Crippen MR) is 127 cm³/mol. The molecule has 0 unspecified atom stereocenters. The molecule has 3 aromatic heterocycles. The average molecular weight is 438 g/mol. The molecule has 8 nitrogen and oxygen atoms in total. The topological polar surface area (TPSA) is 90.5 Å². The van der Waals surface area contributed by atoms with Crippen molar-refractivity contribution >= 4 is 22.8 Å². The molecular formula is C25H23N7O. The van der Waals surface area contributed by atoms with E-state index in [1.165, 1.54) is 5.56 Å². The lowest BCUT2D eigenvalue weighted by Gasteiger charge is -2.09. The summed E-state index contributed by atoms with van der Waals surface area (Å²) in [6.07, 6.45) is 3.38. The second-order valence-corrected chi connectivity index (χ2v) is 8.05. The number of hydrogen-bond donors (Lipinski definition) is 1. The Bertz CT molecular complexity index is 1480. The van der Waals surface area contributed by atoms with Gasteiger partial charge in [-0.05, 0) is 31.5 Å². The third-order valence-electron chi connectivity index (χ3n) is 5.66. The number of nitrogens with one attached hydrogen (secondary N) is 1. The largest absolute Gasteiger partial charge is 0.289 e. The summed E-state index contributed by atoms with van der Waals surface area (Å²) >= 11 is 0. The van der Waals surface area contributed by atoms with Crippen molar-refractivity contribution in [2.24, 2.45) is 7.05 Å². The van der Waals surface area contributed by atoms with Crippen LogP contribution in [0.1, 0.15) is 27.2 Å². The minimum atomic E-state index is -0.287. The van der Waals surface area contributed by atoms with Crippen LogP contribution < -0.4 is 5.32 Å². The highest BCUT2D eigenvalue weighted by atomic mass is 16.1. The Morgan fingerprint density at radius 1 is 1.06 bits per heavy atom. The van der Waals surface area contributed by atoms with E-state index in [1.54, 1.807) is 28.0 Å². The summed E-state index contributed by atoms with van der Waals surface area (Å²) in [4.78, 5) is 22.3. The number of aromatic nitrogens is 6. The first-order chi connectivity index (χ1) is 16.0. The van der Waals surface area contributed by atoms with Crippen molar-refractivity contribution in [3.8, 4) is 11.3 Å². The molecule has 0 bridgehead atoms. The van der Waals surface area contributed by atoms with E-state index < -0.39 is 0 Å². The summed E-state index contributed by atoms with van der Waals surface area (Å²) in [5.74, 6) is -0.0302. The van der Waals surface area contributed by atoms with Crippen LogP contribution in [0.4, 0.5) is 5.95 Å². The zero-order chi connectivity index (χ0) is 22.9. The summed E-state index contributed by atoms with van der Waals surface area (Å²) in [5, 5.41) is 12.3. The fraction of sp³-hybridized carbons (Fsp3) is 0.160. The third-order valence-corrected chi connectivity index (χ3v) is 5.66. The van der Waals surface area contributed by atoms with Gasteiger partial charge in [0.25, 0.3) is 5.91 Å². The van der Waals surface area contributed by atoms with Crippen molar-refractivity contribution in [3.05, 3.63) is 89.5 Å². The van der Waals surface area contributed by atoms with Crippen LogP contribution in [-0.4, -0.2) is 35.4 Å². The van der Waals surface area contributed by atoms with E-state index in [4.69, 9.17) is 4.98 Å². The Labute approximate surface area is 190 Å². The zero-order valence-electron chi connectivity index (χ0n) is 18.6.